The molecule has 1 amide bonds. The summed E-state index contributed by atoms with van der Waals surface area (Å²) in [5.74, 6) is 1.03. The summed E-state index contributed by atoms with van der Waals surface area (Å²) in [6, 6.07) is 14.6. The van der Waals surface area contributed by atoms with Crippen LogP contribution in [0.2, 0.25) is 0 Å². The zero-order chi connectivity index (χ0) is 15.1. The molecular weight excluding hydrogens is 274 g/mol. The second-order valence-electron chi connectivity index (χ2n) is 5.86. The number of carbonyl (C=O) groups is 1. The number of rotatable bonds is 2. The molecule has 4 rings (SSSR count). The third-order valence-corrected chi connectivity index (χ3v) is 4.51. The quantitative estimate of drug-likeness (QED) is 0.890. The molecule has 2 aliphatic heterocycles. The van der Waals surface area contributed by atoms with Crippen LogP contribution >= 0.6 is 0 Å². The number of nitrogens with zero attached hydrogens (tertiary/aromatic N) is 1. The number of carbonyl (C=O) groups excluding carboxylic acids is 1. The molecule has 1 unspecified atom stereocenters. The lowest BCUT2D eigenvalue weighted by Crippen LogP contribution is -2.13. The average Bonchev–Trinajstić information content (AvgIpc) is 3.14. The summed E-state index contributed by atoms with van der Waals surface area (Å²) in [7, 11) is 0. The zero-order valence-corrected chi connectivity index (χ0v) is 12.2. The van der Waals surface area contributed by atoms with Crippen molar-refractivity contribution in [1.29, 1.82) is 0 Å². The molecule has 0 spiro atoms. The summed E-state index contributed by atoms with van der Waals surface area (Å²) in [6.45, 7) is 1.37. The zero-order valence-electron chi connectivity index (χ0n) is 12.2. The van der Waals surface area contributed by atoms with Gasteiger partial charge in [-0.3, -0.25) is 9.79 Å². The number of nitrogens with two attached hydrogens (primary N) is 1. The van der Waals surface area contributed by atoms with Crippen LogP contribution in [0.1, 0.15) is 29.0 Å². The second kappa shape index (κ2) is 4.98. The van der Waals surface area contributed by atoms with Gasteiger partial charge in [0, 0.05) is 24.4 Å². The van der Waals surface area contributed by atoms with Gasteiger partial charge < -0.3 is 11.1 Å². The van der Waals surface area contributed by atoms with Gasteiger partial charge in [-0.1, -0.05) is 42.5 Å². The summed E-state index contributed by atoms with van der Waals surface area (Å²) < 4.78 is 0. The molecule has 2 heterocycles. The molecule has 1 atom stereocenters. The maximum atomic E-state index is 11.4. The molecule has 0 bridgehead atoms. The number of amides is 1. The van der Waals surface area contributed by atoms with Crippen LogP contribution in [-0.4, -0.2) is 18.3 Å². The lowest BCUT2D eigenvalue weighted by Gasteiger charge is -2.12. The Morgan fingerprint density at radius 2 is 1.95 bits per heavy atom. The Bertz CT molecular complexity index is 795. The number of fused-ring (bicyclic) bond motifs is 1. The van der Waals surface area contributed by atoms with Crippen molar-refractivity contribution in [2.45, 2.75) is 18.9 Å². The molecule has 0 aromatic heterocycles. The van der Waals surface area contributed by atoms with E-state index in [-0.39, 0.29) is 11.8 Å². The molecule has 0 aliphatic carbocycles. The van der Waals surface area contributed by atoms with Gasteiger partial charge in [0.1, 0.15) is 5.84 Å². The van der Waals surface area contributed by atoms with Crippen LogP contribution in [0.4, 0.5) is 0 Å². The number of amidine groups is 1. The van der Waals surface area contributed by atoms with Crippen LogP contribution in [0.15, 0.2) is 47.5 Å². The summed E-state index contributed by atoms with van der Waals surface area (Å²) >= 11 is 0. The Morgan fingerprint density at radius 3 is 2.77 bits per heavy atom. The lowest BCUT2D eigenvalue weighted by atomic mass is 9.91. The molecule has 110 valence electrons. The van der Waals surface area contributed by atoms with Crippen LogP contribution in [0.5, 0.6) is 0 Å². The number of benzene rings is 2. The highest BCUT2D eigenvalue weighted by Crippen LogP contribution is 2.32. The fourth-order valence-corrected chi connectivity index (χ4v) is 3.32. The van der Waals surface area contributed by atoms with Crippen molar-refractivity contribution in [3.05, 3.63) is 59.2 Å². The first-order valence-electron chi connectivity index (χ1n) is 7.51. The van der Waals surface area contributed by atoms with E-state index in [9.17, 15) is 4.79 Å². The third kappa shape index (κ3) is 2.08. The third-order valence-electron chi connectivity index (χ3n) is 4.51. The van der Waals surface area contributed by atoms with Crippen molar-refractivity contribution >= 4 is 11.7 Å². The van der Waals surface area contributed by atoms with Gasteiger partial charge in [-0.2, -0.15) is 0 Å². The lowest BCUT2D eigenvalue weighted by molar-refractivity contribution is -0.119. The van der Waals surface area contributed by atoms with Gasteiger partial charge in [-0.05, 0) is 22.3 Å². The van der Waals surface area contributed by atoms with Crippen molar-refractivity contribution in [2.24, 2.45) is 10.7 Å². The Labute approximate surface area is 129 Å². The number of aliphatic imine (C=N–C) groups is 1. The van der Waals surface area contributed by atoms with Gasteiger partial charge in [0.05, 0.1) is 6.54 Å². The van der Waals surface area contributed by atoms with Crippen molar-refractivity contribution in [3.8, 4) is 11.1 Å². The molecule has 1 fully saturated rings. The molecule has 2 aliphatic rings. The Balaban J connectivity index is 1.74. The Morgan fingerprint density at radius 1 is 1.14 bits per heavy atom. The minimum Gasteiger partial charge on any atom is -0.383 e. The van der Waals surface area contributed by atoms with E-state index >= 15 is 0 Å². The smallest absolute Gasteiger partial charge is 0.220 e. The summed E-state index contributed by atoms with van der Waals surface area (Å²) in [4.78, 5) is 15.8. The summed E-state index contributed by atoms with van der Waals surface area (Å²) in [6.07, 6.45) is 0.576. The fraction of sp³-hybridized carbons (Fsp3) is 0.222. The molecule has 0 saturated carbocycles. The van der Waals surface area contributed by atoms with E-state index in [0.717, 1.165) is 12.1 Å². The van der Waals surface area contributed by atoms with E-state index < -0.39 is 0 Å². The number of hydrogen-bond donors (Lipinski definition) is 2. The predicted octanol–water partition coefficient (Wildman–Crippen LogP) is 2.18. The molecule has 22 heavy (non-hydrogen) atoms. The largest absolute Gasteiger partial charge is 0.383 e. The fourth-order valence-electron chi connectivity index (χ4n) is 3.32. The van der Waals surface area contributed by atoms with Crippen LogP contribution in [0.25, 0.3) is 11.1 Å². The number of hydrogen-bond acceptors (Lipinski definition) is 3. The minimum absolute atomic E-state index is 0.136. The topological polar surface area (TPSA) is 67.5 Å². The SMILES string of the molecule is NC1=NCc2c1cccc2-c1cccc(C2CNC(=O)C2)c1. The molecule has 1 saturated heterocycles. The van der Waals surface area contributed by atoms with Crippen molar-refractivity contribution in [1.82, 2.24) is 5.32 Å². The predicted molar refractivity (Wildman–Crippen MR) is 86.7 cm³/mol. The van der Waals surface area contributed by atoms with Gasteiger partial charge in [0.25, 0.3) is 0 Å². The molecule has 4 nitrogen and oxygen atoms in total. The van der Waals surface area contributed by atoms with E-state index in [4.69, 9.17) is 5.73 Å². The van der Waals surface area contributed by atoms with Gasteiger partial charge >= 0.3 is 0 Å². The second-order valence-corrected chi connectivity index (χ2v) is 5.86. The van der Waals surface area contributed by atoms with Crippen molar-refractivity contribution in [3.63, 3.8) is 0 Å². The number of nitrogens with one attached hydrogen (secondary N) is 1. The molecular formula is C18H17N3O. The highest BCUT2D eigenvalue weighted by Gasteiger charge is 2.23. The van der Waals surface area contributed by atoms with Crippen LogP contribution < -0.4 is 11.1 Å². The van der Waals surface area contributed by atoms with Crippen LogP contribution in [0.3, 0.4) is 0 Å². The first-order valence-corrected chi connectivity index (χ1v) is 7.51. The van der Waals surface area contributed by atoms with Crippen molar-refractivity contribution < 1.29 is 4.79 Å². The molecule has 2 aromatic carbocycles. The van der Waals surface area contributed by atoms with E-state index in [1.807, 2.05) is 12.1 Å². The Hall–Kier alpha value is -2.62. The molecule has 2 aromatic rings. The van der Waals surface area contributed by atoms with Crippen LogP contribution in [-0.2, 0) is 11.3 Å². The van der Waals surface area contributed by atoms with E-state index in [0.29, 0.717) is 18.8 Å². The van der Waals surface area contributed by atoms with E-state index in [2.05, 4.69) is 40.6 Å². The maximum absolute atomic E-state index is 11.4. The normalized spacial score (nSPS) is 19.7. The standard InChI is InChI=1S/C18H17N3O/c19-18-15-6-2-5-14(16(15)10-21-18)12-4-1-3-11(7-12)13-8-17(22)20-9-13/h1-7,13H,8-10H2,(H2,19,21)(H,20,22). The highest BCUT2D eigenvalue weighted by atomic mass is 16.1. The van der Waals surface area contributed by atoms with Crippen molar-refractivity contribution in [2.75, 3.05) is 6.54 Å². The molecule has 3 N–H and O–H groups in total. The van der Waals surface area contributed by atoms with Gasteiger partial charge in [0.2, 0.25) is 5.91 Å². The summed E-state index contributed by atoms with van der Waals surface area (Å²) in [5.41, 5.74) is 11.7. The van der Waals surface area contributed by atoms with E-state index in [1.54, 1.807) is 0 Å². The van der Waals surface area contributed by atoms with Gasteiger partial charge in [-0.15, -0.1) is 0 Å². The highest BCUT2D eigenvalue weighted by molar-refractivity contribution is 6.02. The minimum atomic E-state index is 0.136. The first-order chi connectivity index (χ1) is 10.7. The first kappa shape index (κ1) is 13.1. The van der Waals surface area contributed by atoms with Crippen LogP contribution in [0, 0.1) is 0 Å². The van der Waals surface area contributed by atoms with Gasteiger partial charge in [0.15, 0.2) is 0 Å². The van der Waals surface area contributed by atoms with Gasteiger partial charge in [-0.25, -0.2) is 0 Å². The summed E-state index contributed by atoms with van der Waals surface area (Å²) in [5, 5.41) is 2.90. The maximum Gasteiger partial charge on any atom is 0.220 e. The molecule has 0 radical (unpaired) electrons. The monoisotopic (exact) mass is 291 g/mol. The van der Waals surface area contributed by atoms with E-state index in [1.165, 1.54) is 22.3 Å². The average molecular weight is 291 g/mol. The molecule has 4 heteroatoms. The Kier molecular flexibility index (Phi) is 2.96.